The van der Waals surface area contributed by atoms with Crippen molar-refractivity contribution in [2.24, 2.45) is 0 Å². The van der Waals surface area contributed by atoms with Gasteiger partial charge in [-0.3, -0.25) is 14.8 Å². The summed E-state index contributed by atoms with van der Waals surface area (Å²) in [6, 6.07) is 7.86. The molecule has 140 valence electrons. The second-order valence-electron chi connectivity index (χ2n) is 5.11. The molecule has 0 saturated heterocycles. The van der Waals surface area contributed by atoms with Gasteiger partial charge in [-0.1, -0.05) is 0 Å². The van der Waals surface area contributed by atoms with Gasteiger partial charge >= 0.3 is 0 Å². The molecule has 0 heterocycles. The number of nitrogens with two attached hydrogens (primary N) is 1. The lowest BCUT2D eigenvalue weighted by molar-refractivity contribution is -0.383. The quantitative estimate of drug-likeness (QED) is 0.408. The summed E-state index contributed by atoms with van der Waals surface area (Å²) in [5.41, 5.74) is 5.10. The fraction of sp³-hybridized carbons (Fsp3) is 0.250. The van der Waals surface area contributed by atoms with Crippen molar-refractivity contribution in [1.29, 1.82) is 0 Å². The maximum Gasteiger partial charge on any atom is 0.294 e. The molecule has 0 unspecified atom stereocenters. The van der Waals surface area contributed by atoms with Crippen molar-refractivity contribution in [2.75, 3.05) is 23.7 Å². The average molecular weight is 381 g/mol. The summed E-state index contributed by atoms with van der Waals surface area (Å²) in [5, 5.41) is 10.9. The number of benzene rings is 2. The lowest BCUT2D eigenvalue weighted by Crippen LogP contribution is -2.13. The second-order valence-corrected chi connectivity index (χ2v) is 6.79. The van der Waals surface area contributed by atoms with Gasteiger partial charge in [0.1, 0.15) is 5.69 Å². The third-order valence-electron chi connectivity index (χ3n) is 3.30. The first-order valence-corrected chi connectivity index (χ1v) is 9.23. The van der Waals surface area contributed by atoms with Crippen molar-refractivity contribution >= 4 is 27.1 Å². The fourth-order valence-corrected chi connectivity index (χ4v) is 3.24. The Bertz CT molecular complexity index is 914. The minimum absolute atomic E-state index is 0.0257. The Morgan fingerprint density at radius 2 is 1.73 bits per heavy atom. The summed E-state index contributed by atoms with van der Waals surface area (Å²) in [6.45, 7) is 4.30. The summed E-state index contributed by atoms with van der Waals surface area (Å²) in [5.74, 6) is 0.719. The largest absolute Gasteiger partial charge is 0.490 e. The van der Waals surface area contributed by atoms with E-state index in [4.69, 9.17) is 15.2 Å². The van der Waals surface area contributed by atoms with Gasteiger partial charge < -0.3 is 15.2 Å². The Kier molecular flexibility index (Phi) is 5.88. The minimum Gasteiger partial charge on any atom is -0.490 e. The highest BCUT2D eigenvalue weighted by molar-refractivity contribution is 7.92. The Labute approximate surface area is 150 Å². The smallest absolute Gasteiger partial charge is 0.294 e. The van der Waals surface area contributed by atoms with Crippen LogP contribution in [0.5, 0.6) is 11.5 Å². The van der Waals surface area contributed by atoms with E-state index in [1.807, 2.05) is 0 Å². The van der Waals surface area contributed by atoms with Gasteiger partial charge in [-0.15, -0.1) is 0 Å². The first kappa shape index (κ1) is 19.3. The average Bonchev–Trinajstić information content (AvgIpc) is 2.58. The van der Waals surface area contributed by atoms with Crippen LogP contribution in [0.2, 0.25) is 0 Å². The van der Waals surface area contributed by atoms with Crippen LogP contribution in [0.25, 0.3) is 0 Å². The number of hydrogen-bond donors (Lipinski definition) is 2. The molecular weight excluding hydrogens is 362 g/mol. The fourth-order valence-electron chi connectivity index (χ4n) is 2.18. The van der Waals surface area contributed by atoms with E-state index in [2.05, 4.69) is 4.72 Å². The van der Waals surface area contributed by atoms with Crippen LogP contribution in [0.15, 0.2) is 41.3 Å². The van der Waals surface area contributed by atoms with E-state index in [0.717, 1.165) is 6.07 Å². The molecule has 0 spiro atoms. The summed E-state index contributed by atoms with van der Waals surface area (Å²) in [6.07, 6.45) is 0. The zero-order valence-corrected chi connectivity index (χ0v) is 15.1. The maximum absolute atomic E-state index is 12.6. The second kappa shape index (κ2) is 7.91. The molecule has 0 bridgehead atoms. The van der Waals surface area contributed by atoms with E-state index in [1.165, 1.54) is 30.3 Å². The van der Waals surface area contributed by atoms with Crippen molar-refractivity contribution in [2.45, 2.75) is 18.7 Å². The number of nitro benzene ring substituents is 1. The van der Waals surface area contributed by atoms with Crippen LogP contribution >= 0.6 is 0 Å². The topological polar surface area (TPSA) is 134 Å². The molecule has 0 saturated carbocycles. The van der Waals surface area contributed by atoms with Gasteiger partial charge in [0.25, 0.3) is 15.7 Å². The molecule has 0 aromatic heterocycles. The molecule has 0 aliphatic rings. The van der Waals surface area contributed by atoms with E-state index in [-0.39, 0.29) is 22.0 Å². The van der Waals surface area contributed by atoms with Crippen LogP contribution in [0.4, 0.5) is 17.1 Å². The number of nitrogens with one attached hydrogen (secondary N) is 1. The lowest BCUT2D eigenvalue weighted by Gasteiger charge is -2.13. The molecular formula is C16H19N3O6S. The molecule has 9 nitrogen and oxygen atoms in total. The van der Waals surface area contributed by atoms with E-state index in [9.17, 15) is 18.5 Å². The minimum atomic E-state index is -3.99. The highest BCUT2D eigenvalue weighted by Crippen LogP contribution is 2.32. The SMILES string of the molecule is CCOc1ccc(S(=O)(=O)Nc2ccc(N)c([N+](=O)[O-])c2)cc1OCC. The number of hydrogen-bond acceptors (Lipinski definition) is 7. The summed E-state index contributed by atoms with van der Waals surface area (Å²) >= 11 is 0. The standard InChI is InChI=1S/C16H19N3O6S/c1-3-24-15-8-6-12(10-16(15)25-4-2)26(22,23)18-11-5-7-13(17)14(9-11)19(20)21/h5-10,18H,3-4,17H2,1-2H3. The zero-order valence-electron chi connectivity index (χ0n) is 14.3. The molecule has 0 fully saturated rings. The van der Waals surface area contributed by atoms with Crippen LogP contribution in [0, 0.1) is 10.1 Å². The molecule has 0 atom stereocenters. The highest BCUT2D eigenvalue weighted by atomic mass is 32.2. The Morgan fingerprint density at radius 3 is 2.35 bits per heavy atom. The van der Waals surface area contributed by atoms with Gasteiger partial charge in [0.15, 0.2) is 11.5 Å². The number of rotatable bonds is 8. The van der Waals surface area contributed by atoms with Gasteiger partial charge in [0.05, 0.1) is 28.7 Å². The molecule has 26 heavy (non-hydrogen) atoms. The van der Waals surface area contributed by atoms with E-state index in [1.54, 1.807) is 13.8 Å². The maximum atomic E-state index is 12.6. The van der Waals surface area contributed by atoms with Crippen LogP contribution in [-0.4, -0.2) is 26.6 Å². The summed E-state index contributed by atoms with van der Waals surface area (Å²) < 4.78 is 38.3. The van der Waals surface area contributed by atoms with Gasteiger partial charge in [0, 0.05) is 12.1 Å². The van der Waals surface area contributed by atoms with Gasteiger partial charge in [-0.25, -0.2) is 8.42 Å². The number of nitrogens with zero attached hydrogens (tertiary/aromatic N) is 1. The van der Waals surface area contributed by atoms with Crippen molar-refractivity contribution in [3.05, 3.63) is 46.5 Å². The molecule has 2 aromatic rings. The van der Waals surface area contributed by atoms with Crippen molar-refractivity contribution in [1.82, 2.24) is 0 Å². The number of anilines is 2. The Hall–Kier alpha value is -3.01. The van der Waals surface area contributed by atoms with Gasteiger partial charge in [-0.2, -0.15) is 0 Å². The number of sulfonamides is 1. The highest BCUT2D eigenvalue weighted by Gasteiger charge is 2.20. The van der Waals surface area contributed by atoms with Gasteiger partial charge in [-0.05, 0) is 38.1 Å². The van der Waals surface area contributed by atoms with Crippen molar-refractivity contribution in [3.63, 3.8) is 0 Å². The van der Waals surface area contributed by atoms with Crippen LogP contribution in [0.1, 0.15) is 13.8 Å². The normalized spacial score (nSPS) is 11.0. The third-order valence-corrected chi connectivity index (χ3v) is 4.68. The first-order chi connectivity index (χ1) is 12.3. The predicted molar refractivity (Wildman–Crippen MR) is 97.1 cm³/mol. The molecule has 2 rings (SSSR count). The lowest BCUT2D eigenvalue weighted by atomic mass is 10.2. The third kappa shape index (κ3) is 4.33. The summed E-state index contributed by atoms with van der Waals surface area (Å²) in [7, 11) is -3.99. The predicted octanol–water partition coefficient (Wildman–Crippen LogP) is 2.78. The first-order valence-electron chi connectivity index (χ1n) is 7.74. The van der Waals surface area contributed by atoms with Crippen molar-refractivity contribution < 1.29 is 22.8 Å². The summed E-state index contributed by atoms with van der Waals surface area (Å²) in [4.78, 5) is 10.2. The van der Waals surface area contributed by atoms with Crippen LogP contribution in [-0.2, 0) is 10.0 Å². The molecule has 0 radical (unpaired) electrons. The van der Waals surface area contributed by atoms with Gasteiger partial charge in [0.2, 0.25) is 0 Å². The van der Waals surface area contributed by atoms with E-state index < -0.39 is 14.9 Å². The molecule has 0 aliphatic heterocycles. The zero-order chi connectivity index (χ0) is 19.3. The monoisotopic (exact) mass is 381 g/mol. The van der Waals surface area contributed by atoms with Crippen molar-refractivity contribution in [3.8, 4) is 11.5 Å². The van der Waals surface area contributed by atoms with Crippen LogP contribution < -0.4 is 19.9 Å². The molecule has 10 heteroatoms. The molecule has 0 amide bonds. The molecule has 3 N–H and O–H groups in total. The van der Waals surface area contributed by atoms with E-state index >= 15 is 0 Å². The van der Waals surface area contributed by atoms with Crippen LogP contribution in [0.3, 0.4) is 0 Å². The number of nitro groups is 1. The Balaban J connectivity index is 2.37. The van der Waals surface area contributed by atoms with E-state index in [0.29, 0.717) is 24.7 Å². The Morgan fingerprint density at radius 1 is 1.08 bits per heavy atom. The molecule has 0 aliphatic carbocycles. The molecule has 2 aromatic carbocycles. The number of nitrogen functional groups attached to an aromatic ring is 1. The number of ether oxygens (including phenoxy) is 2.